The van der Waals surface area contributed by atoms with Gasteiger partial charge in [0.05, 0.1) is 11.3 Å². The smallest absolute Gasteiger partial charge is 0.337 e. The highest BCUT2D eigenvalue weighted by Crippen LogP contribution is 2.15. The average Bonchev–Trinajstić information content (AvgIpc) is 2.20. The molecule has 1 aromatic heterocycles. The number of hydrogen-bond donors (Lipinski definition) is 1. The van der Waals surface area contributed by atoms with Crippen molar-refractivity contribution in [2.45, 2.75) is 33.6 Å². The lowest BCUT2D eigenvalue weighted by Crippen LogP contribution is -2.05. The van der Waals surface area contributed by atoms with Crippen molar-refractivity contribution in [2.75, 3.05) is 0 Å². The molecule has 0 radical (unpaired) electrons. The Balaban J connectivity index is 0.000000791. The van der Waals surface area contributed by atoms with E-state index >= 15 is 0 Å². The summed E-state index contributed by atoms with van der Waals surface area (Å²) in [7, 11) is 0. The van der Waals surface area contributed by atoms with Gasteiger partial charge in [0.1, 0.15) is 0 Å². The molecule has 0 atom stereocenters. The third-order valence-corrected chi connectivity index (χ3v) is 1.62. The number of carboxylic acid groups (broad SMARTS) is 1. The van der Waals surface area contributed by atoms with Crippen molar-refractivity contribution in [3.05, 3.63) is 29.6 Å². The molecule has 3 nitrogen and oxygen atoms in total. The van der Waals surface area contributed by atoms with E-state index in [1.165, 1.54) is 0 Å². The van der Waals surface area contributed by atoms with Crippen molar-refractivity contribution in [3.63, 3.8) is 0 Å². The molecule has 3 heteroatoms. The molecule has 1 rings (SSSR count). The van der Waals surface area contributed by atoms with E-state index in [4.69, 9.17) is 5.11 Å². The average molecular weight is 195 g/mol. The van der Waals surface area contributed by atoms with Crippen molar-refractivity contribution >= 4 is 5.97 Å². The summed E-state index contributed by atoms with van der Waals surface area (Å²) in [6, 6.07) is 3.21. The molecule has 0 unspecified atom stereocenters. The second kappa shape index (κ2) is 6.13. The van der Waals surface area contributed by atoms with E-state index in [-0.39, 0.29) is 5.92 Å². The van der Waals surface area contributed by atoms with Crippen LogP contribution in [0.3, 0.4) is 0 Å². The summed E-state index contributed by atoms with van der Waals surface area (Å²) < 4.78 is 0. The number of aromatic carboxylic acids is 1. The van der Waals surface area contributed by atoms with E-state index in [1.54, 1.807) is 18.3 Å². The van der Waals surface area contributed by atoms with Crippen LogP contribution in [-0.4, -0.2) is 16.1 Å². The normalized spacial score (nSPS) is 9.21. The first-order valence-electron chi connectivity index (χ1n) is 4.81. The fourth-order valence-electron chi connectivity index (χ4n) is 1.06. The number of rotatable bonds is 2. The number of hydrogen-bond acceptors (Lipinski definition) is 2. The molecule has 0 aliphatic carbocycles. The summed E-state index contributed by atoms with van der Waals surface area (Å²) in [4.78, 5) is 14.7. The fraction of sp³-hybridized carbons (Fsp3) is 0.455. The van der Waals surface area contributed by atoms with Gasteiger partial charge < -0.3 is 5.11 Å². The number of nitrogens with zero attached hydrogens (tertiary/aromatic N) is 1. The molecule has 0 saturated heterocycles. The summed E-state index contributed by atoms with van der Waals surface area (Å²) >= 11 is 0. The van der Waals surface area contributed by atoms with Crippen molar-refractivity contribution in [1.82, 2.24) is 4.98 Å². The maximum absolute atomic E-state index is 10.7. The van der Waals surface area contributed by atoms with E-state index in [0.717, 1.165) is 0 Å². The summed E-state index contributed by atoms with van der Waals surface area (Å²) in [6.45, 7) is 7.85. The molecule has 0 saturated carbocycles. The number of carbonyl (C=O) groups is 1. The van der Waals surface area contributed by atoms with Crippen molar-refractivity contribution < 1.29 is 9.90 Å². The quantitative estimate of drug-likeness (QED) is 0.789. The summed E-state index contributed by atoms with van der Waals surface area (Å²) in [6.07, 6.45) is 1.61. The highest BCUT2D eigenvalue weighted by molar-refractivity contribution is 5.88. The highest BCUT2D eigenvalue weighted by atomic mass is 16.4. The summed E-state index contributed by atoms with van der Waals surface area (Å²) in [5, 5.41) is 8.77. The van der Waals surface area contributed by atoms with Crippen LogP contribution in [0.15, 0.2) is 18.3 Å². The predicted octanol–water partition coefficient (Wildman–Crippen LogP) is 2.93. The van der Waals surface area contributed by atoms with Gasteiger partial charge in [-0.15, -0.1) is 0 Å². The second-order valence-electron chi connectivity index (χ2n) is 2.90. The Morgan fingerprint density at radius 2 is 2.00 bits per heavy atom. The third kappa shape index (κ3) is 3.17. The molecule has 1 aromatic rings. The van der Waals surface area contributed by atoms with Gasteiger partial charge in [-0.2, -0.15) is 0 Å². The van der Waals surface area contributed by atoms with Gasteiger partial charge in [-0.25, -0.2) is 4.79 Å². The van der Waals surface area contributed by atoms with Gasteiger partial charge >= 0.3 is 5.97 Å². The van der Waals surface area contributed by atoms with Crippen LogP contribution in [0.2, 0.25) is 0 Å². The zero-order valence-electron chi connectivity index (χ0n) is 9.11. The van der Waals surface area contributed by atoms with Crippen molar-refractivity contribution in [3.8, 4) is 0 Å². The first kappa shape index (κ1) is 12.6. The Kier molecular flexibility index (Phi) is 5.53. The molecule has 14 heavy (non-hydrogen) atoms. The first-order chi connectivity index (χ1) is 6.63. The minimum Gasteiger partial charge on any atom is -0.478 e. The van der Waals surface area contributed by atoms with Crippen molar-refractivity contribution in [2.24, 2.45) is 0 Å². The molecular weight excluding hydrogens is 178 g/mol. The van der Waals surface area contributed by atoms with Crippen LogP contribution in [0.25, 0.3) is 0 Å². The van der Waals surface area contributed by atoms with Crippen molar-refractivity contribution in [1.29, 1.82) is 0 Å². The largest absolute Gasteiger partial charge is 0.478 e. The maximum atomic E-state index is 10.7. The van der Waals surface area contributed by atoms with E-state index < -0.39 is 5.97 Å². The van der Waals surface area contributed by atoms with E-state index in [9.17, 15) is 4.79 Å². The third-order valence-electron chi connectivity index (χ3n) is 1.62. The summed E-state index contributed by atoms with van der Waals surface area (Å²) in [5.74, 6) is -0.760. The second-order valence-corrected chi connectivity index (χ2v) is 2.90. The van der Waals surface area contributed by atoms with E-state index in [2.05, 4.69) is 4.98 Å². The van der Waals surface area contributed by atoms with Crippen LogP contribution in [0, 0.1) is 0 Å². The number of aromatic nitrogens is 1. The Bertz CT molecular complexity index is 295. The minimum absolute atomic E-state index is 0.150. The van der Waals surface area contributed by atoms with E-state index in [1.807, 2.05) is 27.7 Å². The van der Waals surface area contributed by atoms with Gasteiger partial charge in [-0.1, -0.05) is 27.7 Å². The maximum Gasteiger partial charge on any atom is 0.337 e. The lowest BCUT2D eigenvalue weighted by atomic mass is 10.0. The van der Waals surface area contributed by atoms with Gasteiger partial charge in [0, 0.05) is 6.20 Å². The molecule has 0 bridgehead atoms. The molecular formula is C11H17NO2. The van der Waals surface area contributed by atoms with Gasteiger partial charge in [0.15, 0.2) is 0 Å². The standard InChI is InChI=1S/C9H11NO2.C2H6/c1-6(2)8-7(9(11)12)4-3-5-10-8;1-2/h3-6H,1-2H3,(H,11,12);1-2H3. The monoisotopic (exact) mass is 195 g/mol. The van der Waals surface area contributed by atoms with E-state index in [0.29, 0.717) is 11.3 Å². The lowest BCUT2D eigenvalue weighted by molar-refractivity contribution is 0.0694. The molecule has 0 amide bonds. The predicted molar refractivity (Wildman–Crippen MR) is 56.6 cm³/mol. The van der Waals surface area contributed by atoms with Crippen LogP contribution in [0.4, 0.5) is 0 Å². The molecule has 0 fully saturated rings. The van der Waals surface area contributed by atoms with Crippen LogP contribution < -0.4 is 0 Å². The molecule has 1 N–H and O–H groups in total. The molecule has 0 spiro atoms. The van der Waals surface area contributed by atoms with Gasteiger partial charge in [-0.05, 0) is 18.1 Å². The number of carboxylic acids is 1. The first-order valence-corrected chi connectivity index (χ1v) is 4.81. The minimum atomic E-state index is -0.910. The van der Waals surface area contributed by atoms with Crippen LogP contribution in [0.1, 0.15) is 49.7 Å². The fourth-order valence-corrected chi connectivity index (χ4v) is 1.06. The van der Waals surface area contributed by atoms with Crippen LogP contribution >= 0.6 is 0 Å². The Hall–Kier alpha value is -1.38. The molecule has 0 aliphatic rings. The Morgan fingerprint density at radius 3 is 2.36 bits per heavy atom. The van der Waals surface area contributed by atoms with Gasteiger partial charge in [-0.3, -0.25) is 4.98 Å². The Labute approximate surface area is 84.8 Å². The van der Waals surface area contributed by atoms with Crippen LogP contribution in [0.5, 0.6) is 0 Å². The van der Waals surface area contributed by atoms with Crippen LogP contribution in [-0.2, 0) is 0 Å². The van der Waals surface area contributed by atoms with Gasteiger partial charge in [0.25, 0.3) is 0 Å². The molecule has 0 aromatic carbocycles. The zero-order chi connectivity index (χ0) is 11.1. The summed E-state index contributed by atoms with van der Waals surface area (Å²) in [5.41, 5.74) is 0.942. The molecule has 0 aliphatic heterocycles. The topological polar surface area (TPSA) is 50.2 Å². The highest BCUT2D eigenvalue weighted by Gasteiger charge is 2.12. The number of pyridine rings is 1. The molecule has 1 heterocycles. The Morgan fingerprint density at radius 1 is 1.43 bits per heavy atom. The zero-order valence-corrected chi connectivity index (χ0v) is 9.11. The van der Waals surface area contributed by atoms with Gasteiger partial charge in [0.2, 0.25) is 0 Å². The molecule has 78 valence electrons. The lowest BCUT2D eigenvalue weighted by Gasteiger charge is -2.06. The SMILES string of the molecule is CC.CC(C)c1ncccc1C(=O)O.